The van der Waals surface area contributed by atoms with Gasteiger partial charge in [0.2, 0.25) is 5.91 Å². The van der Waals surface area contributed by atoms with Crippen LogP contribution in [0.15, 0.2) is 78.9 Å². The van der Waals surface area contributed by atoms with E-state index >= 15 is 0 Å². The maximum absolute atomic E-state index is 13.5. The highest BCUT2D eigenvalue weighted by Gasteiger charge is 2.23. The molecule has 1 heterocycles. The first-order valence-electron chi connectivity index (χ1n) is 12.1. The van der Waals surface area contributed by atoms with Crippen LogP contribution < -0.4 is 10.6 Å². The second-order valence-electron chi connectivity index (χ2n) is 9.14. The molecule has 4 aromatic rings. The summed E-state index contributed by atoms with van der Waals surface area (Å²) in [6.07, 6.45) is 0. The van der Waals surface area contributed by atoms with Crippen LogP contribution in [-0.2, 0) is 4.79 Å². The molecule has 0 aliphatic rings. The molecule has 37 heavy (non-hydrogen) atoms. The molecule has 1 aromatic heterocycles. The van der Waals surface area contributed by atoms with Gasteiger partial charge in [0.15, 0.2) is 0 Å². The zero-order valence-electron chi connectivity index (χ0n) is 21.3. The molecule has 190 valence electrons. The summed E-state index contributed by atoms with van der Waals surface area (Å²) < 4.78 is 15.1. The van der Waals surface area contributed by atoms with Gasteiger partial charge in [0.25, 0.3) is 0 Å². The molecule has 0 aliphatic heterocycles. The molecule has 8 heteroatoms. The molecule has 7 nitrogen and oxygen atoms in total. The molecule has 4 rings (SSSR count). The van der Waals surface area contributed by atoms with Crippen LogP contribution in [0.25, 0.3) is 16.9 Å². The number of halogens is 1. The normalized spacial score (nSPS) is 10.9. The van der Waals surface area contributed by atoms with Crippen molar-refractivity contribution in [2.75, 3.05) is 17.2 Å². The maximum Gasteiger partial charge on any atom is 0.322 e. The van der Waals surface area contributed by atoms with Crippen molar-refractivity contribution in [1.82, 2.24) is 14.7 Å². The molecule has 3 aromatic carbocycles. The summed E-state index contributed by atoms with van der Waals surface area (Å²) in [4.78, 5) is 27.8. The lowest BCUT2D eigenvalue weighted by Crippen LogP contribution is -2.45. The number of aromatic nitrogens is 2. The molecule has 2 N–H and O–H groups in total. The maximum atomic E-state index is 13.5. The Kier molecular flexibility index (Phi) is 7.67. The number of anilines is 2. The summed E-state index contributed by atoms with van der Waals surface area (Å²) in [7, 11) is 0. The minimum Gasteiger partial charge on any atom is -0.313 e. The van der Waals surface area contributed by atoms with Crippen molar-refractivity contribution in [3.63, 3.8) is 0 Å². The number of carbonyl (C=O) groups is 2. The van der Waals surface area contributed by atoms with Gasteiger partial charge in [0.1, 0.15) is 18.2 Å². The Labute approximate surface area is 215 Å². The van der Waals surface area contributed by atoms with Crippen LogP contribution in [0.1, 0.15) is 25.0 Å². The van der Waals surface area contributed by atoms with Crippen molar-refractivity contribution in [3.8, 4) is 16.9 Å². The lowest BCUT2D eigenvalue weighted by Gasteiger charge is -2.27. The smallest absolute Gasteiger partial charge is 0.313 e. The fraction of sp³-hybridized carbons (Fsp3) is 0.207. The van der Waals surface area contributed by atoms with Crippen LogP contribution in [0.2, 0.25) is 0 Å². The summed E-state index contributed by atoms with van der Waals surface area (Å²) >= 11 is 0. The van der Waals surface area contributed by atoms with E-state index in [0.29, 0.717) is 17.2 Å². The van der Waals surface area contributed by atoms with Gasteiger partial charge in [0, 0.05) is 23.4 Å². The second kappa shape index (κ2) is 11.1. The molecule has 0 unspecified atom stereocenters. The van der Waals surface area contributed by atoms with Crippen LogP contribution in [0.3, 0.4) is 0 Å². The number of nitrogens with zero attached hydrogens (tertiary/aromatic N) is 3. The SMILES string of the molecule is Cc1cccc(C)c1NC(=O)N(CC(=O)Nc1cc(-c2ccccc2)nn1-c1ccc(F)cc1)C(C)C. The van der Waals surface area contributed by atoms with Crippen molar-refractivity contribution < 1.29 is 14.0 Å². The van der Waals surface area contributed by atoms with E-state index in [9.17, 15) is 14.0 Å². The van der Waals surface area contributed by atoms with E-state index in [4.69, 9.17) is 0 Å². The molecule has 0 fully saturated rings. The molecule has 0 bridgehead atoms. The van der Waals surface area contributed by atoms with Crippen molar-refractivity contribution >= 4 is 23.4 Å². The lowest BCUT2D eigenvalue weighted by molar-refractivity contribution is -0.117. The Hall–Kier alpha value is -4.46. The highest BCUT2D eigenvalue weighted by Crippen LogP contribution is 2.25. The monoisotopic (exact) mass is 499 g/mol. The predicted molar refractivity (Wildman–Crippen MR) is 144 cm³/mol. The number of nitrogens with one attached hydrogen (secondary N) is 2. The van der Waals surface area contributed by atoms with Crippen molar-refractivity contribution in [3.05, 3.63) is 95.8 Å². The van der Waals surface area contributed by atoms with Crippen molar-refractivity contribution in [2.45, 2.75) is 33.7 Å². The minimum absolute atomic E-state index is 0.163. The lowest BCUT2D eigenvalue weighted by atomic mass is 10.1. The summed E-state index contributed by atoms with van der Waals surface area (Å²) in [5.41, 5.74) is 4.73. The highest BCUT2D eigenvalue weighted by atomic mass is 19.1. The van der Waals surface area contributed by atoms with Gasteiger partial charge in [0.05, 0.1) is 11.4 Å². The van der Waals surface area contributed by atoms with Crippen LogP contribution in [0.5, 0.6) is 0 Å². The van der Waals surface area contributed by atoms with Crippen molar-refractivity contribution in [2.24, 2.45) is 0 Å². The molecular formula is C29H30FN5O2. The molecule has 0 saturated carbocycles. The van der Waals surface area contributed by atoms with Crippen LogP contribution in [0.4, 0.5) is 20.7 Å². The first-order chi connectivity index (χ1) is 17.7. The van der Waals surface area contributed by atoms with E-state index < -0.39 is 0 Å². The van der Waals surface area contributed by atoms with Gasteiger partial charge < -0.3 is 15.5 Å². The van der Waals surface area contributed by atoms with Gasteiger partial charge in [-0.15, -0.1) is 0 Å². The number of hydrogen-bond acceptors (Lipinski definition) is 3. The molecule has 0 radical (unpaired) electrons. The van der Waals surface area contributed by atoms with E-state index in [1.807, 2.05) is 76.2 Å². The summed E-state index contributed by atoms with van der Waals surface area (Å²) in [5, 5.41) is 10.5. The van der Waals surface area contributed by atoms with E-state index in [-0.39, 0.29) is 30.3 Å². The average molecular weight is 500 g/mol. The van der Waals surface area contributed by atoms with Crippen molar-refractivity contribution in [1.29, 1.82) is 0 Å². The number of aryl methyl sites for hydroxylation is 2. The van der Waals surface area contributed by atoms with Crippen LogP contribution >= 0.6 is 0 Å². The Balaban J connectivity index is 1.57. The van der Waals surface area contributed by atoms with Gasteiger partial charge in [-0.2, -0.15) is 5.10 Å². The number of urea groups is 1. The average Bonchev–Trinajstić information content (AvgIpc) is 3.29. The van der Waals surface area contributed by atoms with E-state index in [2.05, 4.69) is 15.7 Å². The highest BCUT2D eigenvalue weighted by molar-refractivity contribution is 5.97. The van der Waals surface area contributed by atoms with E-state index in [1.165, 1.54) is 17.0 Å². The predicted octanol–water partition coefficient (Wildman–Crippen LogP) is 6.18. The largest absolute Gasteiger partial charge is 0.322 e. The molecule has 0 saturated heterocycles. The molecule has 3 amide bonds. The Morgan fingerprint density at radius 2 is 1.57 bits per heavy atom. The topological polar surface area (TPSA) is 79.3 Å². The first-order valence-corrected chi connectivity index (χ1v) is 12.1. The molecule has 0 atom stereocenters. The third-order valence-corrected chi connectivity index (χ3v) is 6.03. The second-order valence-corrected chi connectivity index (χ2v) is 9.14. The Morgan fingerprint density at radius 1 is 0.919 bits per heavy atom. The number of amides is 3. The van der Waals surface area contributed by atoms with E-state index in [1.54, 1.807) is 22.9 Å². The van der Waals surface area contributed by atoms with Crippen LogP contribution in [-0.4, -0.2) is 39.2 Å². The number of carbonyl (C=O) groups excluding carboxylic acids is 2. The first kappa shape index (κ1) is 25.6. The van der Waals surface area contributed by atoms with Gasteiger partial charge in [-0.25, -0.2) is 13.9 Å². The standard InChI is InChI=1S/C29H30FN5O2/c1-19(2)34(29(37)32-28-20(3)9-8-10-21(28)4)18-27(36)31-26-17-25(22-11-6-5-7-12-22)33-35(26)24-15-13-23(30)14-16-24/h5-17,19H,18H2,1-4H3,(H,31,36)(H,32,37). The fourth-order valence-corrected chi connectivity index (χ4v) is 4.02. The third-order valence-electron chi connectivity index (χ3n) is 6.03. The third kappa shape index (κ3) is 6.03. The molecular weight excluding hydrogens is 469 g/mol. The quantitative estimate of drug-likeness (QED) is 0.319. The number of hydrogen-bond donors (Lipinski definition) is 2. The van der Waals surface area contributed by atoms with Gasteiger partial charge in [-0.05, 0) is 63.1 Å². The zero-order valence-corrected chi connectivity index (χ0v) is 21.3. The van der Waals surface area contributed by atoms with Gasteiger partial charge >= 0.3 is 6.03 Å². The zero-order chi connectivity index (χ0) is 26.5. The summed E-state index contributed by atoms with van der Waals surface area (Å²) in [6, 6.07) is 22.4. The van der Waals surface area contributed by atoms with Crippen LogP contribution in [0, 0.1) is 19.7 Å². The summed E-state index contributed by atoms with van der Waals surface area (Å²) in [6.45, 7) is 7.40. The minimum atomic E-state index is -0.381. The Morgan fingerprint density at radius 3 is 2.19 bits per heavy atom. The number of rotatable bonds is 7. The Bertz CT molecular complexity index is 1380. The van der Waals surface area contributed by atoms with E-state index in [0.717, 1.165) is 22.4 Å². The number of para-hydroxylation sites is 1. The molecule has 0 aliphatic carbocycles. The fourth-order valence-electron chi connectivity index (χ4n) is 4.02. The van der Waals surface area contributed by atoms with Gasteiger partial charge in [-0.1, -0.05) is 48.5 Å². The number of benzene rings is 3. The summed E-state index contributed by atoms with van der Waals surface area (Å²) in [5.74, 6) is -0.338. The van der Waals surface area contributed by atoms with Gasteiger partial charge in [-0.3, -0.25) is 4.79 Å². The molecule has 0 spiro atoms.